The predicted octanol–water partition coefficient (Wildman–Crippen LogP) is 0.226. The van der Waals surface area contributed by atoms with E-state index in [-0.39, 0.29) is 70.1 Å². The number of carbonyl (C=O) groups excluding carboxylic acids is 2. The van der Waals surface area contributed by atoms with Crippen molar-refractivity contribution in [3.05, 3.63) is 72.4 Å². The second kappa shape index (κ2) is 12.0. The molecule has 4 aromatic rings. The van der Waals surface area contributed by atoms with E-state index in [0.29, 0.717) is 47.0 Å². The van der Waals surface area contributed by atoms with E-state index in [0.717, 1.165) is 18.5 Å². The number of para-hydroxylation sites is 1. The number of fused-ring (bicyclic) bond motifs is 1. The smallest absolute Gasteiger partial charge is 0.530 e. The maximum atomic E-state index is 12.5. The Morgan fingerprint density at radius 2 is 1.86 bits per heavy atom. The van der Waals surface area contributed by atoms with E-state index in [2.05, 4.69) is 25.8 Å². The van der Waals surface area contributed by atoms with Crippen molar-refractivity contribution in [1.82, 2.24) is 20.1 Å². The molecule has 1 saturated heterocycles. The van der Waals surface area contributed by atoms with Gasteiger partial charge in [-0.25, -0.2) is 4.98 Å². The molecule has 0 spiro atoms. The number of rotatable bonds is 6. The molecule has 0 radical (unpaired) electrons. The Hall–Kier alpha value is -2.79. The Labute approximate surface area is 256 Å². The molecule has 0 aliphatic carbocycles. The van der Waals surface area contributed by atoms with Crippen LogP contribution < -0.4 is 78.7 Å². The molecule has 0 saturated carbocycles. The number of carbonyl (C=O) groups is 2. The number of benzene rings is 2. The van der Waals surface area contributed by atoms with E-state index in [1.165, 1.54) is 4.90 Å². The van der Waals surface area contributed by atoms with E-state index < -0.39 is 6.09 Å². The number of anilines is 2. The third kappa shape index (κ3) is 6.12. The maximum absolute atomic E-state index is 12.5. The number of carboxylic acid groups (broad SMARTS) is 1. The van der Waals surface area contributed by atoms with Crippen molar-refractivity contribution in [1.29, 1.82) is 0 Å². The molecule has 1 fully saturated rings. The van der Waals surface area contributed by atoms with Crippen LogP contribution in [-0.2, 0) is 0 Å². The third-order valence-corrected chi connectivity index (χ3v) is 5.82. The summed E-state index contributed by atoms with van der Waals surface area (Å²) in [5.74, 6) is 1.39. The SMILES string of the molecule is O=C(Nc1ccccc1)c1ccc(Oc2ccnc3[nH]nc(NC4CCCN(C(=O)[O-])C4)c23)cc1.[Rb+]. The third-order valence-electron chi connectivity index (χ3n) is 5.82. The van der Waals surface area contributed by atoms with Crippen LogP contribution in [0.25, 0.3) is 11.0 Å². The van der Waals surface area contributed by atoms with Crippen LogP contribution in [0.4, 0.5) is 16.3 Å². The Kier molecular flexibility index (Phi) is 8.73. The van der Waals surface area contributed by atoms with Gasteiger partial charge in [0.2, 0.25) is 0 Å². The summed E-state index contributed by atoms with van der Waals surface area (Å²) in [6.07, 6.45) is 1.98. The van der Waals surface area contributed by atoms with Gasteiger partial charge in [0, 0.05) is 42.6 Å². The Morgan fingerprint density at radius 3 is 2.61 bits per heavy atom. The minimum absolute atomic E-state index is 0. The molecule has 2 aromatic carbocycles. The van der Waals surface area contributed by atoms with Crippen molar-refractivity contribution in [2.75, 3.05) is 23.7 Å². The summed E-state index contributed by atoms with van der Waals surface area (Å²) in [5, 5.41) is 25.3. The van der Waals surface area contributed by atoms with E-state index in [9.17, 15) is 14.7 Å². The van der Waals surface area contributed by atoms with Crippen molar-refractivity contribution in [3.8, 4) is 11.5 Å². The minimum Gasteiger partial charge on any atom is -0.530 e. The Bertz CT molecular complexity index is 1350. The Morgan fingerprint density at radius 1 is 1.08 bits per heavy atom. The van der Waals surface area contributed by atoms with Gasteiger partial charge in [0.15, 0.2) is 11.5 Å². The monoisotopic (exact) mass is 556 g/mol. The number of hydrogen-bond acceptors (Lipinski definition) is 7. The summed E-state index contributed by atoms with van der Waals surface area (Å²) in [6, 6.07) is 17.7. The number of ether oxygens (including phenoxy) is 1. The van der Waals surface area contributed by atoms with Crippen LogP contribution >= 0.6 is 0 Å². The molecule has 2 aromatic heterocycles. The topological polar surface area (TPSA) is 135 Å². The van der Waals surface area contributed by atoms with Crippen molar-refractivity contribution >= 4 is 34.5 Å². The summed E-state index contributed by atoms with van der Waals surface area (Å²) < 4.78 is 6.11. The normalized spacial score (nSPS) is 15.1. The molecular weight excluding hydrogens is 534 g/mol. The molecule has 3 heterocycles. The number of amides is 2. The fraction of sp³-hybridized carbons (Fsp3) is 0.200. The van der Waals surface area contributed by atoms with Crippen molar-refractivity contribution in [2.45, 2.75) is 18.9 Å². The van der Waals surface area contributed by atoms with Crippen molar-refractivity contribution < 1.29 is 77.6 Å². The van der Waals surface area contributed by atoms with Crippen LogP contribution in [0.5, 0.6) is 11.5 Å². The molecule has 178 valence electrons. The van der Waals surface area contributed by atoms with Gasteiger partial charge in [-0.15, -0.1) is 0 Å². The fourth-order valence-electron chi connectivity index (χ4n) is 4.09. The molecule has 36 heavy (non-hydrogen) atoms. The number of aromatic amines is 1. The molecular formula is C25H23N6O4Rb. The first-order valence-electron chi connectivity index (χ1n) is 11.3. The van der Waals surface area contributed by atoms with Crippen LogP contribution in [0.3, 0.4) is 0 Å². The second-order valence-corrected chi connectivity index (χ2v) is 8.25. The zero-order chi connectivity index (χ0) is 24.2. The molecule has 1 atom stereocenters. The molecule has 1 unspecified atom stereocenters. The van der Waals surface area contributed by atoms with Gasteiger partial charge in [-0.2, -0.15) is 5.10 Å². The summed E-state index contributed by atoms with van der Waals surface area (Å²) in [7, 11) is 0. The van der Waals surface area contributed by atoms with E-state index in [4.69, 9.17) is 4.74 Å². The standard InChI is InChI=1S/C25H24N6O4.Rb/c32-24(28-17-5-2-1-3-6-17)16-8-10-19(11-9-16)35-20-12-13-26-22-21(20)23(30-29-22)27-18-7-4-14-31(15-18)25(33)34;/h1-3,5-6,8-13,18H,4,7,14-15H2,(H,28,32)(H,33,34)(H2,26,27,29,30);/q;+1/p-1. The Balaban J connectivity index is 0.00000304. The summed E-state index contributed by atoms with van der Waals surface area (Å²) in [6.45, 7) is 0.788. The molecule has 11 heteroatoms. The second-order valence-electron chi connectivity index (χ2n) is 8.25. The quantitative estimate of drug-likeness (QED) is 0.309. The molecule has 1 aliphatic rings. The summed E-state index contributed by atoms with van der Waals surface area (Å²) in [4.78, 5) is 29.3. The molecule has 10 nitrogen and oxygen atoms in total. The fourth-order valence-corrected chi connectivity index (χ4v) is 4.09. The van der Waals surface area contributed by atoms with Gasteiger partial charge in [0.05, 0.1) is 0 Å². The first-order chi connectivity index (χ1) is 17.1. The average Bonchev–Trinajstić information content (AvgIpc) is 3.29. The number of aromatic nitrogens is 3. The van der Waals surface area contributed by atoms with Gasteiger partial charge in [-0.05, 0) is 49.2 Å². The molecule has 2 amide bonds. The number of H-pyrrole nitrogens is 1. The average molecular weight is 557 g/mol. The predicted molar refractivity (Wildman–Crippen MR) is 128 cm³/mol. The van der Waals surface area contributed by atoms with Gasteiger partial charge < -0.3 is 30.2 Å². The van der Waals surface area contributed by atoms with Crippen LogP contribution in [0.1, 0.15) is 23.2 Å². The molecule has 1 aliphatic heterocycles. The number of pyridine rings is 1. The zero-order valence-electron chi connectivity index (χ0n) is 19.7. The van der Waals surface area contributed by atoms with Gasteiger partial charge in [0.1, 0.15) is 23.0 Å². The van der Waals surface area contributed by atoms with Crippen LogP contribution in [0, 0.1) is 0 Å². The first kappa shape index (κ1) is 26.3. The van der Waals surface area contributed by atoms with Crippen LogP contribution in [0.15, 0.2) is 66.9 Å². The molecule has 0 bridgehead atoms. The van der Waals surface area contributed by atoms with E-state index in [1.54, 1.807) is 36.5 Å². The molecule has 5 rings (SSSR count). The number of nitrogens with one attached hydrogen (secondary N) is 3. The number of hydrogen-bond donors (Lipinski definition) is 3. The van der Waals surface area contributed by atoms with Crippen LogP contribution in [-0.4, -0.2) is 51.2 Å². The van der Waals surface area contributed by atoms with Crippen molar-refractivity contribution in [2.24, 2.45) is 0 Å². The maximum Gasteiger partial charge on any atom is 1.00 e. The number of likely N-dealkylation sites (tertiary alicyclic amines) is 1. The largest absolute Gasteiger partial charge is 1.00 e. The van der Waals surface area contributed by atoms with Gasteiger partial charge >= 0.3 is 58.2 Å². The van der Waals surface area contributed by atoms with Crippen molar-refractivity contribution in [3.63, 3.8) is 0 Å². The minimum atomic E-state index is -1.17. The zero-order valence-corrected chi connectivity index (χ0v) is 24.6. The number of nitrogens with zero attached hydrogens (tertiary/aromatic N) is 3. The molecule has 3 N–H and O–H groups in total. The van der Waals surface area contributed by atoms with E-state index >= 15 is 0 Å². The van der Waals surface area contributed by atoms with Crippen LogP contribution in [0.2, 0.25) is 0 Å². The summed E-state index contributed by atoms with van der Waals surface area (Å²) >= 11 is 0. The van der Waals surface area contributed by atoms with Gasteiger partial charge in [-0.3, -0.25) is 9.89 Å². The number of piperidine rings is 1. The van der Waals surface area contributed by atoms with E-state index in [1.807, 2.05) is 30.3 Å². The summed E-state index contributed by atoms with van der Waals surface area (Å²) in [5.41, 5.74) is 1.76. The van der Waals surface area contributed by atoms with Gasteiger partial charge in [-0.1, -0.05) is 18.2 Å². The van der Waals surface area contributed by atoms with Gasteiger partial charge in [0.25, 0.3) is 5.91 Å². The first-order valence-corrected chi connectivity index (χ1v) is 11.3.